The van der Waals surface area contributed by atoms with Crippen molar-refractivity contribution < 1.29 is 48.3 Å². The molecule has 3 aliphatic rings. The monoisotopic (exact) mass is 968 g/mol. The van der Waals surface area contributed by atoms with E-state index in [4.69, 9.17) is 28.9 Å². The molecule has 12 nitrogen and oxygen atoms in total. The Balaban J connectivity index is 1.37. The molecule has 6 aromatic rings. The lowest BCUT2D eigenvalue weighted by molar-refractivity contribution is -0.194. The van der Waals surface area contributed by atoms with Gasteiger partial charge in [-0.05, 0) is 144 Å². The summed E-state index contributed by atoms with van der Waals surface area (Å²) in [5, 5.41) is 24.7. The fourth-order valence-corrected chi connectivity index (χ4v) is 9.33. The largest absolute Gasteiger partial charge is 0.507 e. The van der Waals surface area contributed by atoms with Crippen LogP contribution >= 0.6 is 0 Å². The Morgan fingerprint density at radius 3 is 1.11 bits per heavy atom. The van der Waals surface area contributed by atoms with Crippen molar-refractivity contribution in [1.82, 2.24) is 0 Å². The molecule has 9 rings (SSSR count). The first-order valence-corrected chi connectivity index (χ1v) is 24.4. The van der Waals surface area contributed by atoms with Gasteiger partial charge in [0.1, 0.15) is 11.5 Å². The lowest BCUT2D eigenvalue weighted by Crippen LogP contribution is -2.48. The topological polar surface area (TPSA) is 170 Å². The summed E-state index contributed by atoms with van der Waals surface area (Å²) in [4.78, 5) is 67.0. The van der Waals surface area contributed by atoms with Gasteiger partial charge in [-0.3, -0.25) is 19.6 Å². The number of aliphatic imine (C=N–C) groups is 2. The molecular weight excluding hydrogens is 909 g/mol. The molecule has 4 atom stereocenters. The van der Waals surface area contributed by atoms with Gasteiger partial charge in [-0.15, -0.1) is 0 Å². The van der Waals surface area contributed by atoms with Gasteiger partial charge in [0.2, 0.25) is 12.2 Å². The zero-order chi connectivity index (χ0) is 51.1. The molecule has 0 fully saturated rings. The predicted octanol–water partition coefficient (Wildman–Crippen LogP) is 9.96. The number of phenolic OH excluding ortho intramolecular Hbond substituents is 2. The summed E-state index contributed by atoms with van der Waals surface area (Å²) in [6.45, 7) is 10.4. The Labute approximate surface area is 420 Å². The van der Waals surface area contributed by atoms with Gasteiger partial charge in [0.15, 0.2) is 0 Å². The third-order valence-electron chi connectivity index (χ3n) is 12.9. The standard InChI is InChI=1S/C60H60N2O10/c1-35(2)69-59(67)57-58(60(68)70-36(3)4)72-54(64)32-52-45-21-14-22-46(52)30-50-26-40(34-62-38(6)42-17-11-8-12-18-42)24-48(56(50)66)28-44-20-13-19-43(51(44)31-53(63)71-57)27-47-23-39(25-49(29-45)55(47)65)33-61-37(5)41-15-9-7-10-16-41/h7-26,33-38,57-58,65-66H,27-32H2,1-6H3/t37-,38-,57+,58+/m0/s1. The van der Waals surface area contributed by atoms with Crippen LogP contribution in [0.5, 0.6) is 11.5 Å². The average molecular weight is 969 g/mol. The summed E-state index contributed by atoms with van der Waals surface area (Å²) in [5.41, 5.74) is 9.29. The van der Waals surface area contributed by atoms with Crippen molar-refractivity contribution in [3.05, 3.63) is 199 Å². The molecule has 0 spiro atoms. The van der Waals surface area contributed by atoms with Crippen molar-refractivity contribution in [2.45, 2.75) is 117 Å². The van der Waals surface area contributed by atoms with Gasteiger partial charge in [-0.25, -0.2) is 9.59 Å². The minimum absolute atomic E-state index is 0.0297. The highest BCUT2D eigenvalue weighted by molar-refractivity contribution is 5.90. The minimum Gasteiger partial charge on any atom is -0.507 e. The van der Waals surface area contributed by atoms with E-state index in [0.29, 0.717) is 55.6 Å². The van der Waals surface area contributed by atoms with Crippen molar-refractivity contribution in [2.24, 2.45) is 9.98 Å². The smallest absolute Gasteiger partial charge is 0.352 e. The molecule has 2 N–H and O–H groups in total. The Morgan fingerprint density at radius 2 is 0.806 bits per heavy atom. The van der Waals surface area contributed by atoms with Crippen LogP contribution in [0.1, 0.15) is 132 Å². The number of ether oxygens (including phenoxy) is 4. The maximum Gasteiger partial charge on any atom is 0.352 e. The molecule has 0 aromatic heterocycles. The summed E-state index contributed by atoms with van der Waals surface area (Å²) >= 11 is 0. The minimum atomic E-state index is -2.04. The highest BCUT2D eigenvalue weighted by atomic mass is 16.6. The van der Waals surface area contributed by atoms with Crippen LogP contribution in [0.3, 0.4) is 0 Å². The van der Waals surface area contributed by atoms with Crippen LogP contribution in [0.25, 0.3) is 0 Å². The lowest BCUT2D eigenvalue weighted by Gasteiger charge is -2.26. The van der Waals surface area contributed by atoms with Crippen LogP contribution in [0.15, 0.2) is 131 Å². The first-order valence-electron chi connectivity index (χ1n) is 24.4. The molecule has 0 unspecified atom stereocenters. The van der Waals surface area contributed by atoms with Crippen molar-refractivity contribution in [1.29, 1.82) is 0 Å². The second kappa shape index (κ2) is 22.5. The number of rotatable bonds is 10. The number of hydrogen-bond acceptors (Lipinski definition) is 12. The molecule has 1 aliphatic carbocycles. The number of fused-ring (bicyclic) bond motifs is 7. The Hall–Kier alpha value is -7.86. The van der Waals surface area contributed by atoms with E-state index in [1.165, 1.54) is 0 Å². The van der Waals surface area contributed by atoms with E-state index in [1.807, 2.05) is 135 Å². The number of aromatic hydroxyl groups is 2. The van der Waals surface area contributed by atoms with Gasteiger partial charge in [0.25, 0.3) is 0 Å². The molecule has 72 heavy (non-hydrogen) atoms. The SMILES string of the molecule is CC(C)OC(=O)[C@@H]1OC(=O)Cc2c3cccc2Cc2cc(C=N[C@@H](C)c4ccccc4)cc(c2O)Cc2cccc(c2CC(=O)O[C@H]1C(=O)OC(C)C)Cc1cc(C=N[C@@H](C)c2ccccc2)cc(c1O)C3. The zero-order valence-corrected chi connectivity index (χ0v) is 41.5. The number of carbonyl (C=O) groups is 4. The number of benzene rings is 6. The molecule has 0 saturated carbocycles. The summed E-state index contributed by atoms with van der Waals surface area (Å²) < 4.78 is 23.0. The van der Waals surface area contributed by atoms with E-state index in [9.17, 15) is 29.4 Å². The Bertz CT molecular complexity index is 2740. The predicted molar refractivity (Wildman–Crippen MR) is 275 cm³/mol. The van der Waals surface area contributed by atoms with Crippen LogP contribution in [0.2, 0.25) is 0 Å². The lowest BCUT2D eigenvalue weighted by atomic mass is 9.85. The normalized spacial score (nSPS) is 16.9. The molecule has 12 heteroatoms. The highest BCUT2D eigenvalue weighted by Gasteiger charge is 2.44. The number of carbonyl (C=O) groups excluding carboxylic acids is 4. The first-order chi connectivity index (χ1) is 34.6. The summed E-state index contributed by atoms with van der Waals surface area (Å²) in [6.07, 6.45) is -2.18. The van der Waals surface area contributed by atoms with Crippen molar-refractivity contribution >= 4 is 36.3 Å². The van der Waals surface area contributed by atoms with Gasteiger partial charge in [-0.2, -0.15) is 0 Å². The molecular formula is C60H60N2O10. The third kappa shape index (κ3) is 12.2. The Kier molecular flexibility index (Phi) is 15.8. The molecule has 0 amide bonds. The number of esters is 4. The van der Waals surface area contributed by atoms with Crippen LogP contribution in [-0.2, 0) is 76.7 Å². The fraction of sp³-hybridized carbons (Fsp3) is 0.300. The Morgan fingerprint density at radius 1 is 0.486 bits per heavy atom. The van der Waals surface area contributed by atoms with Crippen molar-refractivity contribution in [2.75, 3.05) is 0 Å². The van der Waals surface area contributed by atoms with E-state index in [1.54, 1.807) is 40.1 Å². The van der Waals surface area contributed by atoms with Crippen molar-refractivity contribution in [3.8, 4) is 11.5 Å². The number of hydrogen-bond donors (Lipinski definition) is 2. The third-order valence-corrected chi connectivity index (χ3v) is 12.9. The second-order valence-electron chi connectivity index (χ2n) is 19.1. The summed E-state index contributed by atoms with van der Waals surface area (Å²) in [6, 6.07) is 38.1. The quantitative estimate of drug-likeness (QED) is 0.0764. The zero-order valence-electron chi connectivity index (χ0n) is 41.5. The second-order valence-corrected chi connectivity index (χ2v) is 19.1. The number of phenols is 2. The molecule has 6 aromatic carbocycles. The van der Waals surface area contributed by atoms with E-state index < -0.39 is 61.1 Å². The van der Waals surface area contributed by atoms with Gasteiger partial charge in [0.05, 0.1) is 37.1 Å². The molecule has 0 radical (unpaired) electrons. The fourth-order valence-electron chi connectivity index (χ4n) is 9.33. The maximum absolute atomic E-state index is 14.6. The van der Waals surface area contributed by atoms with E-state index in [2.05, 4.69) is 0 Å². The summed E-state index contributed by atoms with van der Waals surface area (Å²) in [7, 11) is 0. The van der Waals surface area contributed by atoms with Crippen LogP contribution < -0.4 is 0 Å². The van der Waals surface area contributed by atoms with E-state index in [-0.39, 0.29) is 49.3 Å². The average Bonchev–Trinajstić information content (AvgIpc) is 3.35. The van der Waals surface area contributed by atoms with E-state index >= 15 is 0 Å². The molecule has 370 valence electrons. The number of nitrogens with zero attached hydrogens (tertiary/aromatic N) is 2. The maximum atomic E-state index is 14.6. The first kappa shape index (κ1) is 50.5. The molecule has 2 aliphatic heterocycles. The van der Waals surface area contributed by atoms with Gasteiger partial charge >= 0.3 is 23.9 Å². The van der Waals surface area contributed by atoms with Gasteiger partial charge in [-0.1, -0.05) is 97.1 Å². The summed E-state index contributed by atoms with van der Waals surface area (Å²) in [5.74, 6) is -4.01. The highest BCUT2D eigenvalue weighted by Crippen LogP contribution is 2.36. The van der Waals surface area contributed by atoms with Crippen molar-refractivity contribution in [3.63, 3.8) is 0 Å². The molecule has 2 heterocycles. The van der Waals surface area contributed by atoms with Crippen LogP contribution in [0.4, 0.5) is 0 Å². The molecule has 10 bridgehead atoms. The van der Waals surface area contributed by atoms with E-state index in [0.717, 1.165) is 22.3 Å². The van der Waals surface area contributed by atoms with Crippen LogP contribution in [0, 0.1) is 0 Å². The van der Waals surface area contributed by atoms with Crippen LogP contribution in [-0.4, -0.2) is 70.9 Å². The van der Waals surface area contributed by atoms with Gasteiger partial charge < -0.3 is 29.2 Å². The molecule has 0 saturated heterocycles. The van der Waals surface area contributed by atoms with Gasteiger partial charge in [0, 0.05) is 38.1 Å².